The van der Waals surface area contributed by atoms with Crippen molar-refractivity contribution in [3.05, 3.63) is 41.6 Å². The summed E-state index contributed by atoms with van der Waals surface area (Å²) in [6.45, 7) is 11.2. The molecular formula is C23H31N5S. The molecule has 0 radical (unpaired) electrons. The Morgan fingerprint density at radius 2 is 1.90 bits per heavy atom. The van der Waals surface area contributed by atoms with Crippen LogP contribution in [0.3, 0.4) is 0 Å². The van der Waals surface area contributed by atoms with E-state index in [9.17, 15) is 0 Å². The molecule has 1 aliphatic rings. The molecule has 4 heterocycles. The highest BCUT2D eigenvalue weighted by atomic mass is 32.1. The quantitative estimate of drug-likeness (QED) is 0.565. The van der Waals surface area contributed by atoms with Crippen LogP contribution in [-0.2, 0) is 7.05 Å². The van der Waals surface area contributed by atoms with Crippen LogP contribution in [0.4, 0.5) is 0 Å². The first-order valence-electron chi connectivity index (χ1n) is 10.5. The van der Waals surface area contributed by atoms with Gasteiger partial charge in [-0.25, -0.2) is 9.66 Å². The van der Waals surface area contributed by atoms with Crippen LogP contribution < -0.4 is 5.01 Å². The predicted molar refractivity (Wildman–Crippen MR) is 123 cm³/mol. The van der Waals surface area contributed by atoms with E-state index in [1.165, 1.54) is 32.1 Å². The van der Waals surface area contributed by atoms with Crippen molar-refractivity contribution in [1.29, 1.82) is 0 Å². The lowest BCUT2D eigenvalue weighted by molar-refractivity contribution is 0.554. The van der Waals surface area contributed by atoms with Crippen molar-refractivity contribution in [2.75, 3.05) is 12.1 Å². The molecule has 0 saturated carbocycles. The van der Waals surface area contributed by atoms with E-state index in [4.69, 9.17) is 4.98 Å². The monoisotopic (exact) mass is 409 g/mol. The van der Waals surface area contributed by atoms with Crippen LogP contribution in [0.25, 0.3) is 26.6 Å². The fraction of sp³-hybridized carbons (Fsp3) is 0.478. The number of aryl methyl sites for hydroxylation is 3. The van der Waals surface area contributed by atoms with Gasteiger partial charge in [-0.15, -0.1) is 11.3 Å². The predicted octanol–water partition coefficient (Wildman–Crippen LogP) is 5.42. The lowest BCUT2D eigenvalue weighted by Crippen LogP contribution is -2.42. The second-order valence-electron chi connectivity index (χ2n) is 8.16. The molecule has 0 aromatic carbocycles. The van der Waals surface area contributed by atoms with Gasteiger partial charge in [0.05, 0.1) is 22.8 Å². The third-order valence-electron chi connectivity index (χ3n) is 6.16. The molecule has 0 bridgehead atoms. The maximum absolute atomic E-state index is 5.08. The average Bonchev–Trinajstić information content (AvgIpc) is 3.37. The molecule has 3 aromatic heterocycles. The number of thiophene rings is 1. The fourth-order valence-corrected chi connectivity index (χ4v) is 5.58. The van der Waals surface area contributed by atoms with Crippen LogP contribution in [0.15, 0.2) is 24.5 Å². The molecule has 1 atom stereocenters. The van der Waals surface area contributed by atoms with Gasteiger partial charge in [0.25, 0.3) is 0 Å². The van der Waals surface area contributed by atoms with E-state index in [0.29, 0.717) is 12.0 Å². The zero-order valence-electron chi connectivity index (χ0n) is 18.5. The van der Waals surface area contributed by atoms with Gasteiger partial charge in [0.2, 0.25) is 0 Å². The fourth-order valence-electron chi connectivity index (χ4n) is 4.35. The second kappa shape index (κ2) is 7.48. The van der Waals surface area contributed by atoms with Crippen LogP contribution in [0.2, 0.25) is 0 Å². The van der Waals surface area contributed by atoms with Crippen molar-refractivity contribution >= 4 is 16.9 Å². The number of aromatic nitrogens is 4. The van der Waals surface area contributed by atoms with Crippen molar-refractivity contribution < 1.29 is 0 Å². The summed E-state index contributed by atoms with van der Waals surface area (Å²) in [6, 6.07) is 2.61. The van der Waals surface area contributed by atoms with Gasteiger partial charge in [0.15, 0.2) is 5.82 Å². The first-order chi connectivity index (χ1) is 13.8. The van der Waals surface area contributed by atoms with E-state index >= 15 is 0 Å². The molecule has 0 amide bonds. The number of hydrogen-bond donors (Lipinski definition) is 0. The second-order valence-corrected chi connectivity index (χ2v) is 9.21. The van der Waals surface area contributed by atoms with Crippen LogP contribution >= 0.6 is 11.3 Å². The van der Waals surface area contributed by atoms with Gasteiger partial charge in [-0.05, 0) is 56.7 Å². The van der Waals surface area contributed by atoms with E-state index < -0.39 is 0 Å². The summed E-state index contributed by atoms with van der Waals surface area (Å²) in [5, 5.41) is 6.66. The van der Waals surface area contributed by atoms with Crippen LogP contribution in [0.1, 0.15) is 50.7 Å². The van der Waals surface area contributed by atoms with Crippen LogP contribution in [0, 0.1) is 19.8 Å². The van der Waals surface area contributed by atoms with Crippen molar-refractivity contribution in [1.82, 2.24) is 19.4 Å². The largest absolute Gasteiger partial charge is 0.307 e. The van der Waals surface area contributed by atoms with Crippen molar-refractivity contribution in [3.8, 4) is 21.0 Å². The Balaban J connectivity index is 1.88. The maximum Gasteiger partial charge on any atom is 0.155 e. The molecule has 29 heavy (non-hydrogen) atoms. The normalized spacial score (nSPS) is 16.5. The standard InChI is InChI=1S/C23H31N5S/c1-8-17(9-2)19-11-15(4)27(7)28-21(16(5)25-23(19)28)22-14(3)10-20(29-22)18-12-24-26(6)13-18/h10-13,15,17H,8-9H2,1-7H3. The lowest BCUT2D eigenvalue weighted by atomic mass is 9.91. The van der Waals surface area contributed by atoms with E-state index in [1.54, 1.807) is 0 Å². The summed E-state index contributed by atoms with van der Waals surface area (Å²) >= 11 is 1.83. The molecule has 3 aromatic rings. The Morgan fingerprint density at radius 3 is 2.52 bits per heavy atom. The minimum atomic E-state index is 0.337. The topological polar surface area (TPSA) is 38.9 Å². The highest BCUT2D eigenvalue weighted by Gasteiger charge is 2.31. The summed E-state index contributed by atoms with van der Waals surface area (Å²) in [5.74, 6) is 1.66. The van der Waals surface area contributed by atoms with Crippen LogP contribution in [-0.4, -0.2) is 32.5 Å². The van der Waals surface area contributed by atoms with Gasteiger partial charge in [-0.3, -0.25) is 4.68 Å². The van der Waals surface area contributed by atoms with Gasteiger partial charge in [0, 0.05) is 30.7 Å². The average molecular weight is 410 g/mol. The smallest absolute Gasteiger partial charge is 0.155 e. The van der Waals surface area contributed by atoms with E-state index in [1.807, 2.05) is 29.3 Å². The number of hydrogen-bond acceptors (Lipinski definition) is 4. The molecule has 5 nitrogen and oxygen atoms in total. The zero-order valence-corrected chi connectivity index (χ0v) is 19.3. The highest BCUT2D eigenvalue weighted by Crippen LogP contribution is 2.42. The van der Waals surface area contributed by atoms with Gasteiger partial charge >= 0.3 is 0 Å². The lowest BCUT2D eigenvalue weighted by Gasteiger charge is -2.35. The molecule has 154 valence electrons. The third kappa shape index (κ3) is 3.23. The number of rotatable bonds is 5. The Labute approximate surface area is 177 Å². The van der Waals surface area contributed by atoms with Gasteiger partial charge in [-0.1, -0.05) is 19.9 Å². The Kier molecular flexibility index (Phi) is 5.15. The van der Waals surface area contributed by atoms with Crippen molar-refractivity contribution in [3.63, 3.8) is 0 Å². The molecule has 0 aliphatic carbocycles. The SMILES string of the molecule is CCC(CC)C1=CC(C)N(C)n2c1nc(C)c2-c1sc(-c2cnn(C)c2)cc1C. The van der Waals surface area contributed by atoms with Crippen molar-refractivity contribution in [2.45, 2.75) is 53.5 Å². The molecule has 6 heteroatoms. The number of nitrogens with zero attached hydrogens (tertiary/aromatic N) is 5. The minimum absolute atomic E-state index is 0.337. The number of imidazole rings is 1. The van der Waals surface area contributed by atoms with Gasteiger partial charge in [0.1, 0.15) is 5.69 Å². The van der Waals surface area contributed by atoms with Crippen molar-refractivity contribution in [2.24, 2.45) is 13.0 Å². The first-order valence-corrected chi connectivity index (χ1v) is 11.3. The zero-order chi connectivity index (χ0) is 20.9. The Bertz CT molecular complexity index is 1060. The molecule has 1 aliphatic heterocycles. The molecule has 0 saturated heterocycles. The summed E-state index contributed by atoms with van der Waals surface area (Å²) < 4.78 is 4.22. The van der Waals surface area contributed by atoms with Gasteiger partial charge < -0.3 is 5.01 Å². The number of fused-ring (bicyclic) bond motifs is 1. The Morgan fingerprint density at radius 1 is 1.17 bits per heavy atom. The summed E-state index contributed by atoms with van der Waals surface area (Å²) in [7, 11) is 4.13. The molecule has 1 unspecified atom stereocenters. The minimum Gasteiger partial charge on any atom is -0.307 e. The summed E-state index contributed by atoms with van der Waals surface area (Å²) in [4.78, 5) is 7.63. The van der Waals surface area contributed by atoms with E-state index in [2.05, 4.69) is 74.8 Å². The maximum atomic E-state index is 5.08. The molecule has 4 rings (SSSR count). The van der Waals surface area contributed by atoms with Crippen LogP contribution in [0.5, 0.6) is 0 Å². The summed E-state index contributed by atoms with van der Waals surface area (Å²) in [5.41, 5.74) is 6.18. The van der Waals surface area contributed by atoms with Gasteiger partial charge in [-0.2, -0.15) is 5.10 Å². The molecule has 0 fully saturated rings. The first kappa shape index (κ1) is 20.0. The third-order valence-corrected chi connectivity index (χ3v) is 7.45. The molecule has 0 N–H and O–H groups in total. The Hall–Kier alpha value is -2.34. The number of allylic oxidation sites excluding steroid dienone is 1. The molecule has 0 spiro atoms. The summed E-state index contributed by atoms with van der Waals surface area (Å²) in [6.07, 6.45) is 8.71. The van der Waals surface area contributed by atoms with E-state index in [0.717, 1.165) is 24.4 Å². The highest BCUT2D eigenvalue weighted by molar-refractivity contribution is 7.19. The number of likely N-dealkylation sites (N-methyl/N-ethyl adjacent to an activating group) is 1. The molecular weight excluding hydrogens is 378 g/mol. The van der Waals surface area contributed by atoms with E-state index in [-0.39, 0.29) is 0 Å².